The molecule has 7 aromatic rings. The molecule has 58 heavy (non-hydrogen) atoms. The van der Waals surface area contributed by atoms with E-state index < -0.39 is 0 Å². The van der Waals surface area contributed by atoms with Crippen molar-refractivity contribution in [2.45, 2.75) is 133 Å². The van der Waals surface area contributed by atoms with Gasteiger partial charge in [-0.2, -0.15) is 0 Å². The van der Waals surface area contributed by atoms with E-state index in [1.807, 2.05) is 0 Å². The summed E-state index contributed by atoms with van der Waals surface area (Å²) < 4.78 is 2.49. The lowest BCUT2D eigenvalue weighted by molar-refractivity contribution is 0.0664. The van der Waals surface area contributed by atoms with Crippen LogP contribution in [0.15, 0.2) is 78.9 Å². The molecule has 14 rings (SSSR count). The Morgan fingerprint density at radius 2 is 0.879 bits per heavy atom. The van der Waals surface area contributed by atoms with Crippen molar-refractivity contribution in [3.05, 3.63) is 112 Å². The van der Waals surface area contributed by atoms with Gasteiger partial charge in [-0.05, 0) is 138 Å². The average molecular weight is 758 g/mol. The van der Waals surface area contributed by atoms with Crippen LogP contribution in [0.5, 0.6) is 0 Å². The largest absolute Gasteiger partial charge is 0.308 e. The van der Waals surface area contributed by atoms with Crippen molar-refractivity contribution in [2.24, 2.45) is 10.8 Å². The molecule has 0 atom stereocenters. The summed E-state index contributed by atoms with van der Waals surface area (Å²) in [4.78, 5) is 30.0. The summed E-state index contributed by atoms with van der Waals surface area (Å²) in [5, 5.41) is 5.12. The van der Waals surface area contributed by atoms with Crippen molar-refractivity contribution in [1.82, 2.24) is 4.40 Å². The van der Waals surface area contributed by atoms with Crippen LogP contribution in [0.3, 0.4) is 0 Å². The summed E-state index contributed by atoms with van der Waals surface area (Å²) in [5.74, 6) is 0.858. The number of rotatable bonds is 1. The minimum atomic E-state index is -0.229. The number of hydrogen-bond donors (Lipinski definition) is 0. The van der Waals surface area contributed by atoms with Crippen LogP contribution in [0.25, 0.3) is 60.3 Å². The molecule has 288 valence electrons. The first kappa shape index (κ1) is 33.1. The second-order valence-corrected chi connectivity index (χ2v) is 20.8. The Kier molecular flexibility index (Phi) is 6.00. The van der Waals surface area contributed by atoms with Crippen molar-refractivity contribution in [3.63, 3.8) is 0 Å². The molecule has 3 heteroatoms. The molecule has 4 saturated carbocycles. The molecule has 0 bridgehead atoms. The number of ketones is 2. The second-order valence-electron chi connectivity index (χ2n) is 20.8. The lowest BCUT2D eigenvalue weighted by atomic mass is 9.61. The van der Waals surface area contributed by atoms with Crippen molar-refractivity contribution >= 4 is 49.7 Å². The first-order valence-electron chi connectivity index (χ1n) is 22.9. The number of Topliss-reactive ketones (excluding diaryl/α,β-unsaturated/α-hetero) is 2. The van der Waals surface area contributed by atoms with Crippen LogP contribution in [0.4, 0.5) is 0 Å². The van der Waals surface area contributed by atoms with Gasteiger partial charge >= 0.3 is 0 Å². The monoisotopic (exact) mass is 757 g/mol. The normalized spacial score (nSPS) is 23.7. The van der Waals surface area contributed by atoms with Gasteiger partial charge in [-0.15, -0.1) is 0 Å². The number of aromatic nitrogens is 1. The number of carbonyl (C=O) groups is 2. The molecule has 0 N–H and O–H groups in total. The summed E-state index contributed by atoms with van der Waals surface area (Å²) in [6.45, 7) is 4.76. The summed E-state index contributed by atoms with van der Waals surface area (Å²) in [7, 11) is 0. The average Bonchev–Trinajstić information content (AvgIpc) is 4.12. The van der Waals surface area contributed by atoms with E-state index in [-0.39, 0.29) is 27.1 Å². The van der Waals surface area contributed by atoms with E-state index in [4.69, 9.17) is 0 Å². The smallest absolute Gasteiger partial charge is 0.170 e. The van der Waals surface area contributed by atoms with Crippen LogP contribution >= 0.6 is 0 Å². The molecule has 7 aliphatic carbocycles. The Hall–Kier alpha value is -4.76. The van der Waals surface area contributed by atoms with Crippen LogP contribution in [0.1, 0.15) is 160 Å². The number of benzene rings is 5. The van der Waals surface area contributed by atoms with Gasteiger partial charge < -0.3 is 4.40 Å². The molecule has 7 aliphatic rings. The maximum Gasteiger partial charge on any atom is 0.170 e. The van der Waals surface area contributed by atoms with Crippen molar-refractivity contribution in [1.29, 1.82) is 0 Å². The molecule has 0 radical (unpaired) electrons. The maximum atomic E-state index is 15.0. The molecule has 4 fully saturated rings. The Morgan fingerprint density at radius 3 is 1.40 bits per heavy atom. The number of hydrogen-bond acceptors (Lipinski definition) is 2. The first-order chi connectivity index (χ1) is 28.2. The highest BCUT2D eigenvalue weighted by atomic mass is 16.1. The molecule has 0 aliphatic heterocycles. The van der Waals surface area contributed by atoms with E-state index in [2.05, 4.69) is 97.1 Å². The van der Waals surface area contributed by atoms with E-state index in [0.29, 0.717) is 11.6 Å². The number of fused-ring (bicyclic) bond motifs is 15. The molecule has 2 heterocycles. The topological polar surface area (TPSA) is 38.5 Å². The Labute approximate surface area is 340 Å². The zero-order chi connectivity index (χ0) is 38.6. The zero-order valence-corrected chi connectivity index (χ0v) is 34.1. The highest BCUT2D eigenvalue weighted by Gasteiger charge is 2.65. The standard InChI is InChI=1S/C55H51NO2/c1-51(2)42-14-4-3-13-34(42)35-16-15-32(27-43(35)51)33-25-38-36-28-44-40(49(57)54(21-9-10-22-54)52(44)17-5-6-18-52)30-46(36)56-47-31-41-45(29-37(47)39(26-33)48(38)56)53(19-7-8-20-53)55(50(41)58)23-11-12-24-55/h3-4,13-16,25-31H,5-12,17-24H2,1-2H3. The molecule has 0 saturated heterocycles. The van der Waals surface area contributed by atoms with Crippen molar-refractivity contribution in [2.75, 3.05) is 0 Å². The third kappa shape index (κ3) is 3.46. The summed E-state index contributed by atoms with van der Waals surface area (Å²) in [5.41, 5.74) is 15.7. The Balaban J connectivity index is 1.08. The number of nitrogens with zero attached hydrogens (tertiary/aromatic N) is 1. The first-order valence-corrected chi connectivity index (χ1v) is 22.9. The SMILES string of the molecule is CC1(C)c2ccccc2-c2ccc(-c3cc4c5cc6c(cc5n5c7cc8c(cc7c(c3)c45)C3(CCCC3)C3(CCCC3)C8=O)C(=O)C3(CCCC3)C63CCCC3)cc21. The highest BCUT2D eigenvalue weighted by Crippen LogP contribution is 2.68. The van der Waals surface area contributed by atoms with Gasteiger partial charge in [0, 0.05) is 59.7 Å². The van der Waals surface area contributed by atoms with Crippen LogP contribution in [-0.2, 0) is 16.2 Å². The highest BCUT2D eigenvalue weighted by molar-refractivity contribution is 6.26. The summed E-state index contributed by atoms with van der Waals surface area (Å²) >= 11 is 0. The fourth-order valence-electron chi connectivity index (χ4n) is 16.1. The van der Waals surface area contributed by atoms with Gasteiger partial charge in [0.15, 0.2) is 11.6 Å². The maximum absolute atomic E-state index is 15.0. The third-order valence-electron chi connectivity index (χ3n) is 18.6. The van der Waals surface area contributed by atoms with E-state index in [1.165, 1.54) is 123 Å². The van der Waals surface area contributed by atoms with Crippen LogP contribution < -0.4 is 0 Å². The van der Waals surface area contributed by atoms with Gasteiger partial charge in [-0.1, -0.05) is 102 Å². The molecule has 2 aromatic heterocycles. The summed E-state index contributed by atoms with van der Waals surface area (Å²) in [6, 6.07) is 30.8. The predicted molar refractivity (Wildman–Crippen MR) is 235 cm³/mol. The van der Waals surface area contributed by atoms with E-state index in [9.17, 15) is 9.59 Å². The van der Waals surface area contributed by atoms with Gasteiger partial charge in [0.2, 0.25) is 0 Å². The molecule has 3 nitrogen and oxygen atoms in total. The van der Waals surface area contributed by atoms with E-state index >= 15 is 0 Å². The fraction of sp³-hybridized carbons (Fsp3) is 0.418. The van der Waals surface area contributed by atoms with Crippen molar-refractivity contribution in [3.8, 4) is 22.3 Å². The van der Waals surface area contributed by atoms with Gasteiger partial charge in [0.1, 0.15) is 0 Å². The molecule has 0 amide bonds. The summed E-state index contributed by atoms with van der Waals surface area (Å²) in [6.07, 6.45) is 18.3. The lowest BCUT2D eigenvalue weighted by Gasteiger charge is -2.40. The fourth-order valence-corrected chi connectivity index (χ4v) is 16.1. The van der Waals surface area contributed by atoms with Crippen LogP contribution in [-0.4, -0.2) is 16.0 Å². The Bertz CT molecular complexity index is 2890. The third-order valence-corrected chi connectivity index (χ3v) is 18.6. The van der Waals surface area contributed by atoms with E-state index in [0.717, 1.165) is 73.5 Å². The molecular formula is C55H51NO2. The molecule has 4 spiro atoms. The quantitative estimate of drug-likeness (QED) is 0.167. The minimum absolute atomic E-state index is 0.0278. The van der Waals surface area contributed by atoms with Crippen LogP contribution in [0.2, 0.25) is 0 Å². The van der Waals surface area contributed by atoms with Gasteiger partial charge in [0.05, 0.1) is 16.6 Å². The van der Waals surface area contributed by atoms with Gasteiger partial charge in [0.25, 0.3) is 0 Å². The minimum Gasteiger partial charge on any atom is -0.308 e. The van der Waals surface area contributed by atoms with Gasteiger partial charge in [-0.3, -0.25) is 9.59 Å². The zero-order valence-electron chi connectivity index (χ0n) is 34.1. The lowest BCUT2D eigenvalue weighted by Crippen LogP contribution is -2.41. The predicted octanol–water partition coefficient (Wildman–Crippen LogP) is 13.9. The molecule has 5 aromatic carbocycles. The number of carbonyl (C=O) groups excluding carboxylic acids is 2. The Morgan fingerprint density at radius 1 is 0.414 bits per heavy atom. The molecular weight excluding hydrogens is 707 g/mol. The van der Waals surface area contributed by atoms with Gasteiger partial charge in [-0.25, -0.2) is 0 Å². The molecule has 0 unspecified atom stereocenters. The van der Waals surface area contributed by atoms with Crippen LogP contribution in [0, 0.1) is 10.8 Å². The van der Waals surface area contributed by atoms with E-state index in [1.54, 1.807) is 0 Å². The van der Waals surface area contributed by atoms with Crippen molar-refractivity contribution < 1.29 is 9.59 Å². The second kappa shape index (κ2) is 10.5.